The molecule has 98 valence electrons. The summed E-state index contributed by atoms with van der Waals surface area (Å²) in [5.74, 6) is 0.534. The minimum absolute atomic E-state index is 0.144. The van der Waals surface area contributed by atoms with Crippen molar-refractivity contribution in [3.63, 3.8) is 0 Å². The minimum Gasteiger partial charge on any atom is -0.492 e. The molecule has 1 saturated heterocycles. The third kappa shape index (κ3) is 3.21. The van der Waals surface area contributed by atoms with Crippen molar-refractivity contribution in [3.8, 4) is 5.75 Å². The standard InChI is InChI=1S/C13H18N2O3/c1-2-17-11-6-4-3-5-10(11)15-13(16)12-9-14-7-8-18-12/h3-6,12,14H,2,7-9H2,1H3,(H,15,16). The van der Waals surface area contributed by atoms with Gasteiger partial charge in [-0.1, -0.05) is 12.1 Å². The smallest absolute Gasteiger partial charge is 0.254 e. The molecule has 1 aliphatic rings. The first-order chi connectivity index (χ1) is 8.81. The fourth-order valence-electron chi connectivity index (χ4n) is 1.80. The van der Waals surface area contributed by atoms with E-state index in [4.69, 9.17) is 9.47 Å². The van der Waals surface area contributed by atoms with Crippen LogP contribution in [0.25, 0.3) is 0 Å². The van der Waals surface area contributed by atoms with Crippen molar-refractivity contribution < 1.29 is 14.3 Å². The van der Waals surface area contributed by atoms with Crippen LogP contribution in [-0.4, -0.2) is 38.3 Å². The van der Waals surface area contributed by atoms with E-state index >= 15 is 0 Å². The molecule has 1 fully saturated rings. The maximum atomic E-state index is 12.0. The van der Waals surface area contributed by atoms with Crippen LogP contribution in [0.15, 0.2) is 24.3 Å². The first-order valence-corrected chi connectivity index (χ1v) is 6.16. The van der Waals surface area contributed by atoms with Gasteiger partial charge in [-0.15, -0.1) is 0 Å². The highest BCUT2D eigenvalue weighted by Crippen LogP contribution is 2.23. The van der Waals surface area contributed by atoms with E-state index in [2.05, 4.69) is 10.6 Å². The summed E-state index contributed by atoms with van der Waals surface area (Å²) in [6.45, 7) is 4.37. The number of morpholine rings is 1. The highest BCUT2D eigenvalue weighted by molar-refractivity contribution is 5.95. The number of carbonyl (C=O) groups is 1. The second-order valence-corrected chi connectivity index (χ2v) is 3.98. The molecule has 2 N–H and O–H groups in total. The van der Waals surface area contributed by atoms with E-state index in [-0.39, 0.29) is 5.91 Å². The van der Waals surface area contributed by atoms with E-state index in [9.17, 15) is 4.79 Å². The summed E-state index contributed by atoms with van der Waals surface area (Å²) in [7, 11) is 0. The van der Waals surface area contributed by atoms with E-state index in [1.54, 1.807) is 0 Å². The Kier molecular flexibility index (Phi) is 4.55. The molecule has 5 heteroatoms. The van der Waals surface area contributed by atoms with E-state index < -0.39 is 6.10 Å². The summed E-state index contributed by atoms with van der Waals surface area (Å²) in [6, 6.07) is 7.38. The van der Waals surface area contributed by atoms with Gasteiger partial charge in [-0.25, -0.2) is 0 Å². The number of hydrogen-bond donors (Lipinski definition) is 2. The van der Waals surface area contributed by atoms with Crippen molar-refractivity contribution in [2.45, 2.75) is 13.0 Å². The summed E-state index contributed by atoms with van der Waals surface area (Å²) in [5, 5.41) is 5.96. The zero-order valence-corrected chi connectivity index (χ0v) is 10.4. The van der Waals surface area contributed by atoms with E-state index in [0.717, 1.165) is 6.54 Å². The molecular formula is C13H18N2O3. The topological polar surface area (TPSA) is 59.6 Å². The Balaban J connectivity index is 2.01. The van der Waals surface area contributed by atoms with Crippen molar-refractivity contribution in [1.82, 2.24) is 5.32 Å². The van der Waals surface area contributed by atoms with Gasteiger partial charge in [0.1, 0.15) is 11.9 Å². The molecule has 0 spiro atoms. The van der Waals surface area contributed by atoms with E-state index in [1.807, 2.05) is 31.2 Å². The van der Waals surface area contributed by atoms with E-state index in [0.29, 0.717) is 31.2 Å². The Morgan fingerprint density at radius 1 is 1.56 bits per heavy atom. The average Bonchev–Trinajstić information content (AvgIpc) is 2.42. The average molecular weight is 250 g/mol. The number of hydrogen-bond acceptors (Lipinski definition) is 4. The Morgan fingerprint density at radius 2 is 2.39 bits per heavy atom. The predicted molar refractivity (Wildman–Crippen MR) is 68.9 cm³/mol. The first kappa shape index (κ1) is 12.9. The van der Waals surface area contributed by atoms with Gasteiger partial charge in [0, 0.05) is 13.1 Å². The molecule has 0 saturated carbocycles. The molecule has 1 aromatic carbocycles. The lowest BCUT2D eigenvalue weighted by Crippen LogP contribution is -2.45. The molecule has 0 bridgehead atoms. The van der Waals surface area contributed by atoms with Crippen molar-refractivity contribution in [2.75, 3.05) is 31.6 Å². The zero-order chi connectivity index (χ0) is 12.8. The summed E-state index contributed by atoms with van der Waals surface area (Å²) >= 11 is 0. The van der Waals surface area contributed by atoms with Crippen LogP contribution in [0.4, 0.5) is 5.69 Å². The summed E-state index contributed by atoms with van der Waals surface area (Å²) in [5.41, 5.74) is 0.679. The van der Waals surface area contributed by atoms with Crippen LogP contribution in [0.5, 0.6) is 5.75 Å². The second-order valence-electron chi connectivity index (χ2n) is 3.98. The van der Waals surface area contributed by atoms with E-state index in [1.165, 1.54) is 0 Å². The van der Waals surface area contributed by atoms with Crippen LogP contribution < -0.4 is 15.4 Å². The second kappa shape index (κ2) is 6.37. The van der Waals surface area contributed by atoms with Gasteiger partial charge in [-0.05, 0) is 19.1 Å². The summed E-state index contributed by atoms with van der Waals surface area (Å²) < 4.78 is 10.9. The molecular weight excluding hydrogens is 232 g/mol. The number of carbonyl (C=O) groups excluding carboxylic acids is 1. The van der Waals surface area contributed by atoms with Crippen LogP contribution in [0.3, 0.4) is 0 Å². The number of ether oxygens (including phenoxy) is 2. The van der Waals surface area contributed by atoms with Crippen LogP contribution in [0.1, 0.15) is 6.92 Å². The monoisotopic (exact) mass is 250 g/mol. The van der Waals surface area contributed by atoms with Gasteiger partial charge < -0.3 is 20.1 Å². The van der Waals surface area contributed by atoms with Crippen LogP contribution in [-0.2, 0) is 9.53 Å². The quantitative estimate of drug-likeness (QED) is 0.837. The zero-order valence-electron chi connectivity index (χ0n) is 10.4. The van der Waals surface area contributed by atoms with Gasteiger partial charge in [0.25, 0.3) is 5.91 Å². The van der Waals surface area contributed by atoms with Crippen molar-refractivity contribution >= 4 is 11.6 Å². The van der Waals surface area contributed by atoms with Crippen molar-refractivity contribution in [3.05, 3.63) is 24.3 Å². The fraction of sp³-hybridized carbons (Fsp3) is 0.462. The van der Waals surface area contributed by atoms with Gasteiger partial charge in [0.05, 0.1) is 18.9 Å². The molecule has 0 aliphatic carbocycles. The first-order valence-electron chi connectivity index (χ1n) is 6.16. The molecule has 1 heterocycles. The number of nitrogens with one attached hydrogen (secondary N) is 2. The molecule has 0 radical (unpaired) electrons. The van der Waals surface area contributed by atoms with Crippen LogP contribution in [0, 0.1) is 0 Å². The minimum atomic E-state index is -0.437. The summed E-state index contributed by atoms with van der Waals surface area (Å²) in [6.07, 6.45) is -0.437. The third-order valence-corrected chi connectivity index (χ3v) is 2.66. The lowest BCUT2D eigenvalue weighted by molar-refractivity contribution is -0.128. The van der Waals surface area contributed by atoms with Crippen LogP contribution >= 0.6 is 0 Å². The van der Waals surface area contributed by atoms with Gasteiger partial charge in [0.15, 0.2) is 0 Å². The molecule has 18 heavy (non-hydrogen) atoms. The maximum Gasteiger partial charge on any atom is 0.254 e. The third-order valence-electron chi connectivity index (χ3n) is 2.66. The van der Waals surface area contributed by atoms with Gasteiger partial charge in [-0.3, -0.25) is 4.79 Å². The normalized spacial score (nSPS) is 19.3. The van der Waals surface area contributed by atoms with Crippen molar-refractivity contribution in [1.29, 1.82) is 0 Å². The van der Waals surface area contributed by atoms with Crippen LogP contribution in [0.2, 0.25) is 0 Å². The number of para-hydroxylation sites is 2. The summed E-state index contributed by atoms with van der Waals surface area (Å²) in [4.78, 5) is 12.0. The van der Waals surface area contributed by atoms with Gasteiger partial charge in [0.2, 0.25) is 0 Å². The highest BCUT2D eigenvalue weighted by Gasteiger charge is 2.22. The molecule has 0 aromatic heterocycles. The lowest BCUT2D eigenvalue weighted by Gasteiger charge is -2.23. The number of amides is 1. The van der Waals surface area contributed by atoms with Gasteiger partial charge >= 0.3 is 0 Å². The number of rotatable bonds is 4. The maximum absolute atomic E-state index is 12.0. The number of anilines is 1. The molecule has 5 nitrogen and oxygen atoms in total. The molecule has 1 unspecified atom stereocenters. The molecule has 1 aliphatic heterocycles. The molecule has 2 rings (SSSR count). The van der Waals surface area contributed by atoms with Crippen molar-refractivity contribution in [2.24, 2.45) is 0 Å². The fourth-order valence-corrected chi connectivity index (χ4v) is 1.80. The molecule has 1 amide bonds. The Bertz CT molecular complexity index is 403. The molecule has 1 aromatic rings. The largest absolute Gasteiger partial charge is 0.492 e. The Hall–Kier alpha value is -1.59. The number of benzene rings is 1. The predicted octanol–water partition coefficient (Wildman–Crippen LogP) is 1.01. The van der Waals surface area contributed by atoms with Gasteiger partial charge in [-0.2, -0.15) is 0 Å². The highest BCUT2D eigenvalue weighted by atomic mass is 16.5. The molecule has 1 atom stereocenters. The lowest BCUT2D eigenvalue weighted by atomic mass is 10.2. The SMILES string of the molecule is CCOc1ccccc1NC(=O)C1CNCCO1. The Morgan fingerprint density at radius 3 is 3.11 bits per heavy atom. The Labute approximate surface area is 106 Å².